The standard InChI is InChI=1S/C16H22N2O/c1-12-4-5-14(11-12)17-13-6-8-15(9-7-13)18-10-2-3-16(18)19/h6-9,12,14,17H,2-5,10-11H2,1H3. The van der Waals surface area contributed by atoms with Gasteiger partial charge in [-0.05, 0) is 55.9 Å². The zero-order valence-corrected chi connectivity index (χ0v) is 11.6. The summed E-state index contributed by atoms with van der Waals surface area (Å²) < 4.78 is 0. The van der Waals surface area contributed by atoms with Crippen molar-refractivity contribution >= 4 is 17.3 Å². The molecule has 2 unspecified atom stereocenters. The van der Waals surface area contributed by atoms with Crippen LogP contribution in [0.25, 0.3) is 0 Å². The average Bonchev–Trinajstić information content (AvgIpc) is 3.00. The average molecular weight is 258 g/mol. The van der Waals surface area contributed by atoms with E-state index in [0.29, 0.717) is 12.5 Å². The van der Waals surface area contributed by atoms with Gasteiger partial charge in [-0.25, -0.2) is 0 Å². The summed E-state index contributed by atoms with van der Waals surface area (Å²) in [5.74, 6) is 1.10. The molecular weight excluding hydrogens is 236 g/mol. The Morgan fingerprint density at radius 3 is 2.58 bits per heavy atom. The van der Waals surface area contributed by atoms with E-state index in [4.69, 9.17) is 0 Å². The Labute approximate surface area is 115 Å². The summed E-state index contributed by atoms with van der Waals surface area (Å²) in [5, 5.41) is 3.60. The van der Waals surface area contributed by atoms with Crippen molar-refractivity contribution in [1.29, 1.82) is 0 Å². The van der Waals surface area contributed by atoms with E-state index < -0.39 is 0 Å². The zero-order chi connectivity index (χ0) is 13.2. The molecule has 2 aliphatic rings. The first-order valence-corrected chi connectivity index (χ1v) is 7.39. The van der Waals surface area contributed by atoms with Crippen molar-refractivity contribution < 1.29 is 4.79 Å². The van der Waals surface area contributed by atoms with Gasteiger partial charge >= 0.3 is 0 Å². The van der Waals surface area contributed by atoms with Crippen LogP contribution in [-0.4, -0.2) is 18.5 Å². The Hall–Kier alpha value is -1.51. The van der Waals surface area contributed by atoms with Crippen LogP contribution in [0, 0.1) is 5.92 Å². The van der Waals surface area contributed by atoms with Crippen LogP contribution < -0.4 is 10.2 Å². The molecule has 2 fully saturated rings. The van der Waals surface area contributed by atoms with Gasteiger partial charge in [-0.2, -0.15) is 0 Å². The first-order valence-electron chi connectivity index (χ1n) is 7.39. The molecule has 19 heavy (non-hydrogen) atoms. The summed E-state index contributed by atoms with van der Waals surface area (Å²) in [6, 6.07) is 8.94. The number of carbonyl (C=O) groups is 1. The molecule has 2 atom stereocenters. The smallest absolute Gasteiger partial charge is 0.227 e. The van der Waals surface area contributed by atoms with Gasteiger partial charge in [0, 0.05) is 30.4 Å². The molecule has 0 aromatic heterocycles. The maximum absolute atomic E-state index is 11.7. The van der Waals surface area contributed by atoms with Crippen LogP contribution in [0.3, 0.4) is 0 Å². The fourth-order valence-electron chi connectivity index (χ4n) is 3.23. The minimum atomic E-state index is 0.255. The molecule has 0 bridgehead atoms. The maximum Gasteiger partial charge on any atom is 0.227 e. The summed E-state index contributed by atoms with van der Waals surface area (Å²) in [6.07, 6.45) is 5.55. The minimum absolute atomic E-state index is 0.255. The highest BCUT2D eigenvalue weighted by molar-refractivity contribution is 5.95. The molecule has 1 aliphatic carbocycles. The summed E-state index contributed by atoms with van der Waals surface area (Å²) in [6.45, 7) is 3.19. The van der Waals surface area contributed by atoms with Gasteiger partial charge in [0.25, 0.3) is 0 Å². The molecule has 1 aromatic carbocycles. The highest BCUT2D eigenvalue weighted by Gasteiger charge is 2.22. The lowest BCUT2D eigenvalue weighted by atomic mass is 10.1. The zero-order valence-electron chi connectivity index (χ0n) is 11.6. The Kier molecular flexibility index (Phi) is 3.45. The van der Waals surface area contributed by atoms with Crippen molar-refractivity contribution in [3.63, 3.8) is 0 Å². The Bertz CT molecular complexity index is 454. The number of rotatable bonds is 3. The highest BCUT2D eigenvalue weighted by atomic mass is 16.2. The normalized spacial score (nSPS) is 27.0. The third-order valence-electron chi connectivity index (χ3n) is 4.32. The van der Waals surface area contributed by atoms with Gasteiger partial charge in [0.15, 0.2) is 0 Å². The molecule has 1 aliphatic heterocycles. The summed E-state index contributed by atoms with van der Waals surface area (Å²) in [4.78, 5) is 13.6. The molecule has 1 saturated carbocycles. The van der Waals surface area contributed by atoms with Crippen molar-refractivity contribution in [1.82, 2.24) is 0 Å². The van der Waals surface area contributed by atoms with Gasteiger partial charge in [0.05, 0.1) is 0 Å². The molecule has 3 heteroatoms. The summed E-state index contributed by atoms with van der Waals surface area (Å²) in [7, 11) is 0. The second-order valence-electron chi connectivity index (χ2n) is 5.96. The maximum atomic E-state index is 11.7. The van der Waals surface area contributed by atoms with Crippen LogP contribution in [-0.2, 0) is 4.79 Å². The Morgan fingerprint density at radius 1 is 1.21 bits per heavy atom. The summed E-state index contributed by atoms with van der Waals surface area (Å²) in [5.41, 5.74) is 2.21. The highest BCUT2D eigenvalue weighted by Crippen LogP contribution is 2.28. The molecule has 0 radical (unpaired) electrons. The summed E-state index contributed by atoms with van der Waals surface area (Å²) >= 11 is 0. The molecule has 1 N–H and O–H groups in total. The van der Waals surface area contributed by atoms with E-state index in [1.165, 1.54) is 24.9 Å². The molecule has 1 saturated heterocycles. The molecule has 1 amide bonds. The molecule has 102 valence electrons. The monoisotopic (exact) mass is 258 g/mol. The van der Waals surface area contributed by atoms with E-state index in [0.717, 1.165) is 24.6 Å². The van der Waals surface area contributed by atoms with E-state index in [1.807, 2.05) is 4.90 Å². The van der Waals surface area contributed by atoms with Crippen LogP contribution >= 0.6 is 0 Å². The second-order valence-corrected chi connectivity index (χ2v) is 5.96. The fourth-order valence-corrected chi connectivity index (χ4v) is 3.23. The SMILES string of the molecule is CC1CCC(Nc2ccc(N3CCCC3=O)cc2)C1. The molecule has 3 nitrogen and oxygen atoms in total. The van der Waals surface area contributed by atoms with Gasteiger partial charge in [-0.3, -0.25) is 4.79 Å². The largest absolute Gasteiger partial charge is 0.382 e. The number of nitrogens with zero attached hydrogens (tertiary/aromatic N) is 1. The molecular formula is C16H22N2O. The van der Waals surface area contributed by atoms with Gasteiger partial charge in [0.1, 0.15) is 0 Å². The Balaban J connectivity index is 1.64. The molecule has 1 heterocycles. The topological polar surface area (TPSA) is 32.3 Å². The lowest BCUT2D eigenvalue weighted by Gasteiger charge is -2.18. The second kappa shape index (κ2) is 5.24. The molecule has 1 aromatic rings. The van der Waals surface area contributed by atoms with Gasteiger partial charge in [-0.1, -0.05) is 6.92 Å². The van der Waals surface area contributed by atoms with Crippen LogP contribution in [0.2, 0.25) is 0 Å². The van der Waals surface area contributed by atoms with E-state index in [9.17, 15) is 4.79 Å². The third kappa shape index (κ3) is 2.75. The van der Waals surface area contributed by atoms with E-state index in [-0.39, 0.29) is 5.91 Å². The van der Waals surface area contributed by atoms with Gasteiger partial charge in [0.2, 0.25) is 5.91 Å². The lowest BCUT2D eigenvalue weighted by molar-refractivity contribution is -0.117. The third-order valence-corrected chi connectivity index (χ3v) is 4.32. The van der Waals surface area contributed by atoms with Crippen molar-refractivity contribution in [3.05, 3.63) is 24.3 Å². The van der Waals surface area contributed by atoms with Crippen LogP contribution in [0.5, 0.6) is 0 Å². The van der Waals surface area contributed by atoms with Crippen molar-refractivity contribution in [2.45, 2.75) is 45.1 Å². The molecule has 0 spiro atoms. The van der Waals surface area contributed by atoms with Crippen LogP contribution in [0.15, 0.2) is 24.3 Å². The van der Waals surface area contributed by atoms with Crippen molar-refractivity contribution in [2.24, 2.45) is 5.92 Å². The predicted molar refractivity (Wildman–Crippen MR) is 78.5 cm³/mol. The van der Waals surface area contributed by atoms with Crippen LogP contribution in [0.4, 0.5) is 11.4 Å². The number of benzene rings is 1. The lowest BCUT2D eigenvalue weighted by Crippen LogP contribution is -2.23. The number of hydrogen-bond acceptors (Lipinski definition) is 2. The number of anilines is 2. The number of nitrogens with one attached hydrogen (secondary N) is 1. The number of amides is 1. The first-order chi connectivity index (χ1) is 9.22. The van der Waals surface area contributed by atoms with Gasteiger partial charge < -0.3 is 10.2 Å². The fraction of sp³-hybridized carbons (Fsp3) is 0.562. The van der Waals surface area contributed by atoms with Crippen LogP contribution in [0.1, 0.15) is 39.0 Å². The predicted octanol–water partition coefficient (Wildman–Crippen LogP) is 3.41. The Morgan fingerprint density at radius 2 is 2.00 bits per heavy atom. The minimum Gasteiger partial charge on any atom is -0.382 e. The first kappa shape index (κ1) is 12.5. The van der Waals surface area contributed by atoms with E-state index >= 15 is 0 Å². The molecule has 3 rings (SSSR count). The van der Waals surface area contributed by atoms with E-state index in [1.54, 1.807) is 0 Å². The van der Waals surface area contributed by atoms with Gasteiger partial charge in [-0.15, -0.1) is 0 Å². The van der Waals surface area contributed by atoms with Crippen molar-refractivity contribution in [2.75, 3.05) is 16.8 Å². The quantitative estimate of drug-likeness (QED) is 0.901. The van der Waals surface area contributed by atoms with E-state index in [2.05, 4.69) is 36.5 Å². The van der Waals surface area contributed by atoms with Crippen molar-refractivity contribution in [3.8, 4) is 0 Å². The number of carbonyl (C=O) groups excluding carboxylic acids is 1. The number of hydrogen-bond donors (Lipinski definition) is 1.